The van der Waals surface area contributed by atoms with Gasteiger partial charge in [-0.25, -0.2) is 4.79 Å². The molecule has 1 atom stereocenters. The topological polar surface area (TPSA) is 58.6 Å². The molecule has 2 rings (SSSR count). The zero-order valence-corrected chi connectivity index (χ0v) is 16.4. The van der Waals surface area contributed by atoms with Crippen LogP contribution in [0.15, 0.2) is 22.7 Å². The third kappa shape index (κ3) is 5.38. The number of likely N-dealkylation sites (tertiary alicyclic amines) is 1. The highest BCUT2D eigenvalue weighted by Gasteiger charge is 2.31. The molecule has 5 nitrogen and oxygen atoms in total. The van der Waals surface area contributed by atoms with Gasteiger partial charge in [0.25, 0.3) is 0 Å². The van der Waals surface area contributed by atoms with Crippen molar-refractivity contribution >= 4 is 45.2 Å². The van der Waals surface area contributed by atoms with Crippen LogP contribution < -0.4 is 5.32 Å². The molecule has 2 amide bonds. The summed E-state index contributed by atoms with van der Waals surface area (Å²) >= 11 is 9.36. The third-order valence-electron chi connectivity index (χ3n) is 3.63. The predicted molar refractivity (Wildman–Crippen MR) is 98.3 cm³/mol. The second-order valence-electron chi connectivity index (χ2n) is 6.88. The van der Waals surface area contributed by atoms with Gasteiger partial charge >= 0.3 is 6.09 Å². The molecule has 1 saturated heterocycles. The average molecular weight is 418 g/mol. The zero-order valence-electron chi connectivity index (χ0n) is 14.1. The van der Waals surface area contributed by atoms with E-state index < -0.39 is 5.60 Å². The second-order valence-corrected chi connectivity index (χ2v) is 8.17. The Morgan fingerprint density at radius 2 is 2.08 bits per heavy atom. The lowest BCUT2D eigenvalue weighted by Crippen LogP contribution is -2.45. The molecule has 0 saturated carbocycles. The van der Waals surface area contributed by atoms with E-state index in [0.717, 1.165) is 17.3 Å². The lowest BCUT2D eigenvalue weighted by Gasteiger charge is -2.33. The Bertz CT molecular complexity index is 631. The summed E-state index contributed by atoms with van der Waals surface area (Å²) in [7, 11) is 0. The number of piperidine rings is 1. The first-order valence-electron chi connectivity index (χ1n) is 7.89. The number of hydrogen-bond acceptors (Lipinski definition) is 3. The molecule has 0 bridgehead atoms. The summed E-state index contributed by atoms with van der Waals surface area (Å²) in [5, 5.41) is 3.43. The summed E-state index contributed by atoms with van der Waals surface area (Å²) in [6.07, 6.45) is 1.14. The normalized spacial score (nSPS) is 18.2. The van der Waals surface area contributed by atoms with Crippen molar-refractivity contribution in [3.05, 3.63) is 27.7 Å². The van der Waals surface area contributed by atoms with Crippen molar-refractivity contribution in [2.24, 2.45) is 5.92 Å². The molecular weight excluding hydrogens is 396 g/mol. The number of anilines is 1. The largest absolute Gasteiger partial charge is 0.444 e. The molecular formula is C17H22BrClN2O3. The van der Waals surface area contributed by atoms with Gasteiger partial charge in [-0.15, -0.1) is 0 Å². The maximum Gasteiger partial charge on any atom is 0.410 e. The first kappa shape index (κ1) is 19.1. The Hall–Kier alpha value is -1.27. The van der Waals surface area contributed by atoms with Gasteiger partial charge in [0.05, 0.1) is 11.6 Å². The Morgan fingerprint density at radius 1 is 1.38 bits per heavy atom. The van der Waals surface area contributed by atoms with Crippen molar-refractivity contribution in [3.8, 4) is 0 Å². The minimum Gasteiger partial charge on any atom is -0.444 e. The lowest BCUT2D eigenvalue weighted by molar-refractivity contribution is -0.121. The zero-order chi connectivity index (χ0) is 17.9. The van der Waals surface area contributed by atoms with E-state index in [-0.39, 0.29) is 17.9 Å². The third-order valence-corrected chi connectivity index (χ3v) is 4.56. The maximum absolute atomic E-state index is 12.5. The molecule has 0 radical (unpaired) electrons. The fourth-order valence-electron chi connectivity index (χ4n) is 2.51. The number of hydrogen-bond donors (Lipinski definition) is 1. The number of nitrogens with zero attached hydrogens (tertiary/aromatic N) is 1. The number of ether oxygens (including phenoxy) is 1. The van der Waals surface area contributed by atoms with Crippen molar-refractivity contribution in [1.29, 1.82) is 0 Å². The van der Waals surface area contributed by atoms with Crippen LogP contribution in [0.2, 0.25) is 5.02 Å². The van der Waals surface area contributed by atoms with Crippen LogP contribution in [0, 0.1) is 5.92 Å². The minimum atomic E-state index is -0.544. The fourth-order valence-corrected chi connectivity index (χ4v) is 3.03. The predicted octanol–water partition coefficient (Wildman–Crippen LogP) is 4.69. The van der Waals surface area contributed by atoms with Crippen LogP contribution in [0.25, 0.3) is 0 Å². The van der Waals surface area contributed by atoms with Gasteiger partial charge in [-0.1, -0.05) is 11.6 Å². The van der Waals surface area contributed by atoms with Gasteiger partial charge in [0, 0.05) is 22.6 Å². The van der Waals surface area contributed by atoms with Crippen molar-refractivity contribution in [2.45, 2.75) is 39.2 Å². The summed E-state index contributed by atoms with van der Waals surface area (Å²) in [6, 6.07) is 5.22. The Morgan fingerprint density at radius 3 is 2.75 bits per heavy atom. The van der Waals surface area contributed by atoms with E-state index in [1.807, 2.05) is 20.8 Å². The monoisotopic (exact) mass is 416 g/mol. The molecule has 0 spiro atoms. The van der Waals surface area contributed by atoms with E-state index in [9.17, 15) is 9.59 Å². The maximum atomic E-state index is 12.5. The van der Waals surface area contributed by atoms with Crippen molar-refractivity contribution in [2.75, 3.05) is 18.4 Å². The number of halogens is 2. The summed E-state index contributed by atoms with van der Waals surface area (Å²) < 4.78 is 6.15. The average Bonchev–Trinajstić information content (AvgIpc) is 2.49. The Labute approximate surface area is 155 Å². The van der Waals surface area contributed by atoms with Crippen LogP contribution in [-0.2, 0) is 9.53 Å². The first-order chi connectivity index (χ1) is 11.2. The minimum absolute atomic E-state index is 0.119. The quantitative estimate of drug-likeness (QED) is 0.759. The van der Waals surface area contributed by atoms with Crippen LogP contribution in [0.4, 0.5) is 10.5 Å². The van der Waals surface area contributed by atoms with Gasteiger partial charge in [-0.3, -0.25) is 4.79 Å². The highest BCUT2D eigenvalue weighted by Crippen LogP contribution is 2.27. The number of benzene rings is 1. The van der Waals surface area contributed by atoms with Crippen LogP contribution in [-0.4, -0.2) is 35.6 Å². The van der Waals surface area contributed by atoms with Gasteiger partial charge in [0.1, 0.15) is 5.60 Å². The number of carbonyl (C=O) groups excluding carboxylic acids is 2. The fraction of sp³-hybridized carbons (Fsp3) is 0.529. The molecule has 1 aliphatic rings. The number of rotatable bonds is 2. The van der Waals surface area contributed by atoms with Crippen molar-refractivity contribution in [1.82, 2.24) is 4.90 Å². The van der Waals surface area contributed by atoms with E-state index in [1.165, 1.54) is 0 Å². The highest BCUT2D eigenvalue weighted by atomic mass is 79.9. The van der Waals surface area contributed by atoms with Crippen LogP contribution in [0.1, 0.15) is 33.6 Å². The number of carbonyl (C=O) groups is 2. The van der Waals surface area contributed by atoms with Crippen LogP contribution >= 0.6 is 27.5 Å². The summed E-state index contributed by atoms with van der Waals surface area (Å²) in [4.78, 5) is 26.3. The number of nitrogens with one attached hydrogen (secondary N) is 1. The Balaban J connectivity index is 2.00. The van der Waals surface area contributed by atoms with E-state index in [4.69, 9.17) is 16.3 Å². The van der Waals surface area contributed by atoms with E-state index in [0.29, 0.717) is 23.8 Å². The molecule has 24 heavy (non-hydrogen) atoms. The SMILES string of the molecule is CC(C)(C)OC(=O)N1CCCC(C(=O)Nc2cc(Cl)ccc2Br)C1. The summed E-state index contributed by atoms with van der Waals surface area (Å²) in [5.41, 5.74) is 0.0830. The molecule has 1 aromatic rings. The molecule has 1 aliphatic heterocycles. The van der Waals surface area contributed by atoms with Crippen molar-refractivity contribution < 1.29 is 14.3 Å². The lowest BCUT2D eigenvalue weighted by atomic mass is 9.97. The van der Waals surface area contributed by atoms with Gasteiger partial charge in [0.2, 0.25) is 5.91 Å². The molecule has 132 valence electrons. The molecule has 0 aromatic heterocycles. The van der Waals surface area contributed by atoms with E-state index in [2.05, 4.69) is 21.2 Å². The molecule has 1 fully saturated rings. The Kier molecular flexibility index (Phi) is 6.15. The highest BCUT2D eigenvalue weighted by molar-refractivity contribution is 9.10. The molecule has 1 aromatic carbocycles. The van der Waals surface area contributed by atoms with Gasteiger partial charge in [0.15, 0.2) is 0 Å². The number of amides is 2. The second kappa shape index (κ2) is 7.74. The van der Waals surface area contributed by atoms with Gasteiger partial charge in [-0.05, 0) is 67.7 Å². The first-order valence-corrected chi connectivity index (χ1v) is 9.06. The van der Waals surface area contributed by atoms with Crippen LogP contribution in [0.5, 0.6) is 0 Å². The standard InChI is InChI=1S/C17H22BrClN2O3/c1-17(2,3)24-16(23)21-8-4-5-11(10-21)15(22)20-14-9-12(19)6-7-13(14)18/h6-7,9,11H,4-5,8,10H2,1-3H3,(H,20,22). The summed E-state index contributed by atoms with van der Waals surface area (Å²) in [6.45, 7) is 6.46. The molecule has 1 unspecified atom stereocenters. The van der Waals surface area contributed by atoms with Crippen molar-refractivity contribution in [3.63, 3.8) is 0 Å². The smallest absolute Gasteiger partial charge is 0.410 e. The van der Waals surface area contributed by atoms with E-state index in [1.54, 1.807) is 23.1 Å². The molecule has 0 aliphatic carbocycles. The van der Waals surface area contributed by atoms with E-state index >= 15 is 0 Å². The van der Waals surface area contributed by atoms with Crippen LogP contribution in [0.3, 0.4) is 0 Å². The molecule has 7 heteroatoms. The molecule has 1 N–H and O–H groups in total. The van der Waals surface area contributed by atoms with Gasteiger partial charge in [-0.2, -0.15) is 0 Å². The van der Waals surface area contributed by atoms with Gasteiger partial charge < -0.3 is 15.0 Å². The summed E-state index contributed by atoms with van der Waals surface area (Å²) in [5.74, 6) is -0.386. The molecule has 1 heterocycles.